The first-order valence-corrected chi connectivity index (χ1v) is 7.13. The molecule has 1 saturated heterocycles. The first-order valence-electron chi connectivity index (χ1n) is 7.13. The van der Waals surface area contributed by atoms with Crippen LogP contribution >= 0.6 is 0 Å². The van der Waals surface area contributed by atoms with E-state index >= 15 is 0 Å². The summed E-state index contributed by atoms with van der Waals surface area (Å²) >= 11 is 0. The lowest BCUT2D eigenvalue weighted by Crippen LogP contribution is -2.33. The molecule has 0 saturated carbocycles. The Morgan fingerprint density at radius 3 is 2.74 bits per heavy atom. The van der Waals surface area contributed by atoms with Gasteiger partial charge >= 0.3 is 0 Å². The molecule has 1 aliphatic heterocycles. The number of imidazole rings is 1. The lowest BCUT2D eigenvalue weighted by atomic mass is 10.1. The molecule has 0 bridgehead atoms. The van der Waals surface area contributed by atoms with Crippen molar-refractivity contribution in [1.29, 1.82) is 0 Å². The van der Waals surface area contributed by atoms with Gasteiger partial charge in [0, 0.05) is 13.1 Å². The summed E-state index contributed by atoms with van der Waals surface area (Å²) < 4.78 is 6.93. The van der Waals surface area contributed by atoms with Gasteiger partial charge in [-0.05, 0) is 0 Å². The third-order valence-corrected chi connectivity index (χ3v) is 3.67. The van der Waals surface area contributed by atoms with Gasteiger partial charge in [-0.1, -0.05) is 0 Å². The molecule has 1 unspecified atom stereocenters. The highest BCUT2D eigenvalue weighted by Gasteiger charge is 2.44. The van der Waals surface area contributed by atoms with Crippen LogP contribution in [0.5, 0.6) is 0 Å². The molecular weight excluding hydrogens is 306 g/mol. The maximum absolute atomic E-state index is 10.1. The Morgan fingerprint density at radius 2 is 2.09 bits per heavy atom. The van der Waals surface area contributed by atoms with Gasteiger partial charge in [-0.2, -0.15) is 9.97 Å². The summed E-state index contributed by atoms with van der Waals surface area (Å²) in [7, 11) is 0. The van der Waals surface area contributed by atoms with Crippen molar-refractivity contribution in [1.82, 2.24) is 19.5 Å². The van der Waals surface area contributed by atoms with E-state index in [9.17, 15) is 15.3 Å². The summed E-state index contributed by atoms with van der Waals surface area (Å²) in [6.45, 7) is 0.449. The number of nitrogens with one attached hydrogen (secondary N) is 1. The smallest absolute Gasteiger partial charge is 0.226 e. The average Bonchev–Trinajstić information content (AvgIpc) is 3.08. The van der Waals surface area contributed by atoms with Crippen LogP contribution in [0.25, 0.3) is 11.2 Å². The van der Waals surface area contributed by atoms with Gasteiger partial charge in [0.1, 0.15) is 23.8 Å². The van der Waals surface area contributed by atoms with Crippen molar-refractivity contribution in [2.75, 3.05) is 30.7 Å². The second kappa shape index (κ2) is 6.22. The summed E-state index contributed by atoms with van der Waals surface area (Å²) in [5.41, 5.74) is 12.0. The summed E-state index contributed by atoms with van der Waals surface area (Å²) in [6.07, 6.45) is -2.88. The molecule has 1 aliphatic rings. The van der Waals surface area contributed by atoms with Crippen molar-refractivity contribution >= 4 is 22.9 Å². The number of nitrogens with two attached hydrogens (primary N) is 2. The lowest BCUT2D eigenvalue weighted by molar-refractivity contribution is -0.0511. The fourth-order valence-electron chi connectivity index (χ4n) is 2.50. The van der Waals surface area contributed by atoms with Crippen molar-refractivity contribution in [3.8, 4) is 0 Å². The molecule has 0 aromatic carbocycles. The molecule has 126 valence electrons. The van der Waals surface area contributed by atoms with E-state index in [1.54, 1.807) is 0 Å². The fourth-order valence-corrected chi connectivity index (χ4v) is 2.50. The highest BCUT2D eigenvalue weighted by atomic mass is 16.6. The van der Waals surface area contributed by atoms with Gasteiger partial charge in [0.2, 0.25) is 5.95 Å². The Kier molecular flexibility index (Phi) is 4.28. The Labute approximate surface area is 130 Å². The van der Waals surface area contributed by atoms with E-state index in [1.807, 2.05) is 0 Å². The number of rotatable bonds is 5. The zero-order valence-corrected chi connectivity index (χ0v) is 12.2. The molecule has 23 heavy (non-hydrogen) atoms. The quantitative estimate of drug-likeness (QED) is 0.341. The minimum absolute atomic E-state index is 0.167. The Morgan fingerprint density at radius 1 is 1.30 bits per heavy atom. The summed E-state index contributed by atoms with van der Waals surface area (Å²) in [5.74, 6) is 0.439. The van der Waals surface area contributed by atoms with Gasteiger partial charge in [-0.3, -0.25) is 4.57 Å². The van der Waals surface area contributed by atoms with E-state index in [2.05, 4.69) is 20.3 Å². The molecule has 1 fully saturated rings. The van der Waals surface area contributed by atoms with Gasteiger partial charge in [-0.25, -0.2) is 4.98 Å². The highest BCUT2D eigenvalue weighted by Crippen LogP contribution is 2.32. The first-order chi connectivity index (χ1) is 11.1. The normalized spacial score (nSPS) is 27.7. The Hall–Kier alpha value is -2.05. The third-order valence-electron chi connectivity index (χ3n) is 3.67. The second-order valence-corrected chi connectivity index (χ2v) is 5.20. The Balaban J connectivity index is 1.99. The number of aromatic nitrogens is 4. The maximum atomic E-state index is 10.1. The number of nitrogen functional groups attached to an aromatic ring is 1. The molecule has 11 nitrogen and oxygen atoms in total. The van der Waals surface area contributed by atoms with Crippen molar-refractivity contribution in [3.05, 3.63) is 6.33 Å². The van der Waals surface area contributed by atoms with Crippen molar-refractivity contribution < 1.29 is 20.1 Å². The predicted molar refractivity (Wildman–Crippen MR) is 80.3 cm³/mol. The van der Waals surface area contributed by atoms with Crippen molar-refractivity contribution in [2.24, 2.45) is 5.73 Å². The van der Waals surface area contributed by atoms with Crippen LogP contribution in [0.3, 0.4) is 0 Å². The molecule has 0 amide bonds. The Bertz CT molecular complexity index is 693. The molecule has 0 spiro atoms. The van der Waals surface area contributed by atoms with Crippen LogP contribution in [-0.2, 0) is 4.74 Å². The van der Waals surface area contributed by atoms with Gasteiger partial charge in [-0.15, -0.1) is 0 Å². The topological polar surface area (TPSA) is 178 Å². The number of fused-ring (bicyclic) bond motifs is 1. The molecule has 2 aromatic heterocycles. The first kappa shape index (κ1) is 15.8. The molecule has 0 radical (unpaired) electrons. The molecule has 4 atom stereocenters. The molecule has 3 rings (SSSR count). The van der Waals surface area contributed by atoms with Crippen LogP contribution in [0.2, 0.25) is 0 Å². The zero-order valence-electron chi connectivity index (χ0n) is 12.2. The molecule has 3 heterocycles. The minimum Gasteiger partial charge on any atom is -0.394 e. The number of hydrogen-bond donors (Lipinski definition) is 6. The second-order valence-electron chi connectivity index (χ2n) is 5.20. The SMILES string of the molecule is NCCNc1nc(N)c2ncn(C3O[C@H](CO)[C@@H](O)[C@H]3O)c2n1. The number of anilines is 2. The van der Waals surface area contributed by atoms with Crippen LogP contribution in [0, 0.1) is 0 Å². The number of hydrogen-bond acceptors (Lipinski definition) is 10. The summed E-state index contributed by atoms with van der Waals surface area (Å²) in [4.78, 5) is 12.5. The summed E-state index contributed by atoms with van der Waals surface area (Å²) in [5, 5.41) is 32.1. The van der Waals surface area contributed by atoms with Crippen molar-refractivity contribution in [2.45, 2.75) is 24.5 Å². The highest BCUT2D eigenvalue weighted by molar-refractivity contribution is 5.82. The molecule has 0 aliphatic carbocycles. The maximum Gasteiger partial charge on any atom is 0.226 e. The van der Waals surface area contributed by atoms with Gasteiger partial charge in [0.25, 0.3) is 0 Å². The standard InChI is InChI=1S/C12H19N7O4/c13-1-2-15-12-17-9(14)6-10(18-12)19(4-16-6)11-8(22)7(21)5(3-20)23-11/h4-5,7-8,11,20-22H,1-3,13H2,(H3,14,15,17,18)/t5-,7-,8-,11?/m1/s1. The largest absolute Gasteiger partial charge is 0.394 e. The van der Waals surface area contributed by atoms with E-state index in [0.29, 0.717) is 24.3 Å². The lowest BCUT2D eigenvalue weighted by Gasteiger charge is -2.16. The monoisotopic (exact) mass is 325 g/mol. The van der Waals surface area contributed by atoms with Gasteiger partial charge < -0.3 is 36.8 Å². The van der Waals surface area contributed by atoms with Crippen molar-refractivity contribution in [3.63, 3.8) is 0 Å². The van der Waals surface area contributed by atoms with Gasteiger partial charge in [0.05, 0.1) is 12.9 Å². The third kappa shape index (κ3) is 2.68. The predicted octanol–water partition coefficient (Wildman–Crippen LogP) is -2.61. The molecule has 8 N–H and O–H groups in total. The van der Waals surface area contributed by atoms with Crippen LogP contribution in [0.1, 0.15) is 6.23 Å². The van der Waals surface area contributed by atoms with E-state index in [4.69, 9.17) is 16.2 Å². The summed E-state index contributed by atoms with van der Waals surface area (Å²) in [6, 6.07) is 0. The van der Waals surface area contributed by atoms with E-state index in [0.717, 1.165) is 0 Å². The zero-order chi connectivity index (χ0) is 16.6. The molecule has 11 heteroatoms. The number of ether oxygens (including phenoxy) is 1. The van der Waals surface area contributed by atoms with Gasteiger partial charge in [0.15, 0.2) is 17.7 Å². The number of aliphatic hydroxyl groups is 3. The number of nitrogens with zero attached hydrogens (tertiary/aromatic N) is 4. The van der Waals surface area contributed by atoms with Crippen LogP contribution in [0.15, 0.2) is 6.33 Å². The molecular formula is C12H19N7O4. The van der Waals surface area contributed by atoms with E-state index in [1.165, 1.54) is 10.9 Å². The van der Waals surface area contributed by atoms with Crippen LogP contribution < -0.4 is 16.8 Å². The van der Waals surface area contributed by atoms with E-state index < -0.39 is 31.1 Å². The van der Waals surface area contributed by atoms with Crippen LogP contribution in [-0.4, -0.2) is 72.8 Å². The van der Waals surface area contributed by atoms with E-state index in [-0.39, 0.29) is 11.8 Å². The fraction of sp³-hybridized carbons (Fsp3) is 0.583. The van der Waals surface area contributed by atoms with Crippen LogP contribution in [0.4, 0.5) is 11.8 Å². The average molecular weight is 325 g/mol. The molecule has 2 aromatic rings. The number of aliphatic hydroxyl groups excluding tert-OH is 3. The minimum atomic E-state index is -1.24.